The molecule has 1 aromatic carbocycles. The summed E-state index contributed by atoms with van der Waals surface area (Å²) in [4.78, 5) is 0. The molecule has 0 spiro atoms. The first-order valence-electron chi connectivity index (χ1n) is 6.32. The van der Waals surface area contributed by atoms with Gasteiger partial charge in [0.2, 0.25) is 0 Å². The second kappa shape index (κ2) is 8.18. The largest absolute Gasteiger partial charge is 0.488 e. The van der Waals surface area contributed by atoms with E-state index in [-0.39, 0.29) is 24.7 Å². The number of hydrogen-bond donors (Lipinski definition) is 2. The number of para-hydroxylation sites is 1. The van der Waals surface area contributed by atoms with Gasteiger partial charge in [0.05, 0.1) is 5.75 Å². The zero-order valence-corrected chi connectivity index (χ0v) is 12.2. The number of nitrogens with one attached hydrogen (secondary N) is 1. The predicted octanol–water partition coefficient (Wildman–Crippen LogP) is 0.590. The minimum absolute atomic E-state index is 0.0278. The molecule has 0 saturated heterocycles. The van der Waals surface area contributed by atoms with Crippen LogP contribution in [0.3, 0.4) is 0 Å². The second-order valence-corrected chi connectivity index (χ2v) is 6.84. The summed E-state index contributed by atoms with van der Waals surface area (Å²) in [6.45, 7) is 0.724. The fraction of sp³-hybridized carbons (Fsp3) is 0.538. The SMILES string of the molecule is CS(=O)(=O)CCCNCC(O)COc1ccccc1F. The van der Waals surface area contributed by atoms with Crippen molar-refractivity contribution in [3.05, 3.63) is 30.1 Å². The van der Waals surface area contributed by atoms with Crippen LogP contribution in [-0.4, -0.2) is 51.3 Å². The Labute approximate surface area is 118 Å². The average molecular weight is 305 g/mol. The van der Waals surface area contributed by atoms with Crippen LogP contribution in [0.25, 0.3) is 0 Å². The van der Waals surface area contributed by atoms with E-state index in [1.54, 1.807) is 12.1 Å². The number of benzene rings is 1. The van der Waals surface area contributed by atoms with Crippen molar-refractivity contribution in [1.82, 2.24) is 5.32 Å². The number of halogens is 1. The molecule has 0 amide bonds. The quantitative estimate of drug-likeness (QED) is 0.653. The van der Waals surface area contributed by atoms with Gasteiger partial charge in [0.15, 0.2) is 11.6 Å². The van der Waals surface area contributed by atoms with E-state index in [4.69, 9.17) is 4.74 Å². The topological polar surface area (TPSA) is 75.6 Å². The van der Waals surface area contributed by atoms with Crippen LogP contribution in [0.15, 0.2) is 24.3 Å². The minimum atomic E-state index is -2.94. The molecule has 5 nitrogen and oxygen atoms in total. The van der Waals surface area contributed by atoms with Crippen LogP contribution >= 0.6 is 0 Å². The van der Waals surface area contributed by atoms with E-state index in [0.29, 0.717) is 13.0 Å². The van der Waals surface area contributed by atoms with Crippen molar-refractivity contribution in [2.75, 3.05) is 31.7 Å². The molecule has 0 aliphatic carbocycles. The fourth-order valence-electron chi connectivity index (χ4n) is 1.53. The van der Waals surface area contributed by atoms with Crippen LogP contribution in [0.1, 0.15) is 6.42 Å². The highest BCUT2D eigenvalue weighted by Gasteiger charge is 2.08. The summed E-state index contributed by atoms with van der Waals surface area (Å²) < 4.78 is 40.1. The number of sulfone groups is 1. The summed E-state index contributed by atoms with van der Waals surface area (Å²) in [5, 5.41) is 12.6. The lowest BCUT2D eigenvalue weighted by atomic mass is 10.3. The third-order valence-corrected chi connectivity index (χ3v) is 3.55. The van der Waals surface area contributed by atoms with Crippen LogP contribution in [0.4, 0.5) is 4.39 Å². The molecule has 1 aromatic rings. The molecule has 0 heterocycles. The van der Waals surface area contributed by atoms with Gasteiger partial charge >= 0.3 is 0 Å². The highest BCUT2D eigenvalue weighted by Crippen LogP contribution is 2.15. The van der Waals surface area contributed by atoms with Crippen molar-refractivity contribution in [3.63, 3.8) is 0 Å². The molecule has 0 aliphatic rings. The van der Waals surface area contributed by atoms with Gasteiger partial charge in [-0.05, 0) is 25.1 Å². The predicted molar refractivity (Wildman–Crippen MR) is 75.1 cm³/mol. The molecule has 114 valence electrons. The van der Waals surface area contributed by atoms with E-state index >= 15 is 0 Å². The standard InChI is InChI=1S/C13H20FNO4S/c1-20(17,18)8-4-7-15-9-11(16)10-19-13-6-3-2-5-12(13)14/h2-3,5-6,11,15-16H,4,7-10H2,1H3. The lowest BCUT2D eigenvalue weighted by molar-refractivity contribution is 0.104. The molecule has 0 saturated carbocycles. The van der Waals surface area contributed by atoms with Crippen molar-refractivity contribution in [2.45, 2.75) is 12.5 Å². The first-order valence-corrected chi connectivity index (χ1v) is 8.38. The zero-order chi connectivity index (χ0) is 15.0. The molecular weight excluding hydrogens is 285 g/mol. The molecule has 7 heteroatoms. The van der Waals surface area contributed by atoms with E-state index in [2.05, 4.69) is 5.32 Å². The Morgan fingerprint density at radius 3 is 2.75 bits per heavy atom. The molecule has 0 bridgehead atoms. The van der Waals surface area contributed by atoms with Crippen molar-refractivity contribution in [3.8, 4) is 5.75 Å². The Morgan fingerprint density at radius 2 is 2.10 bits per heavy atom. The third kappa shape index (κ3) is 7.42. The number of rotatable bonds is 9. The van der Waals surface area contributed by atoms with Crippen LogP contribution in [0, 0.1) is 5.82 Å². The first-order chi connectivity index (χ1) is 9.38. The summed E-state index contributed by atoms with van der Waals surface area (Å²) in [6.07, 6.45) is 0.886. The van der Waals surface area contributed by atoms with Crippen LogP contribution in [0.5, 0.6) is 5.75 Å². The van der Waals surface area contributed by atoms with Gasteiger partial charge in [-0.3, -0.25) is 0 Å². The molecule has 20 heavy (non-hydrogen) atoms. The van der Waals surface area contributed by atoms with E-state index in [1.807, 2.05) is 0 Å². The molecule has 0 radical (unpaired) electrons. The van der Waals surface area contributed by atoms with Crippen molar-refractivity contribution in [2.24, 2.45) is 0 Å². The van der Waals surface area contributed by atoms with Gasteiger partial charge in [-0.25, -0.2) is 12.8 Å². The molecule has 0 aromatic heterocycles. The monoisotopic (exact) mass is 305 g/mol. The summed E-state index contributed by atoms with van der Waals surface area (Å²) >= 11 is 0. The second-order valence-electron chi connectivity index (χ2n) is 4.58. The number of ether oxygens (including phenoxy) is 1. The number of aliphatic hydroxyl groups excluding tert-OH is 1. The van der Waals surface area contributed by atoms with Crippen LogP contribution in [0.2, 0.25) is 0 Å². The summed E-state index contributed by atoms with van der Waals surface area (Å²) in [5.74, 6) is -0.258. The normalized spacial score (nSPS) is 13.2. The highest BCUT2D eigenvalue weighted by molar-refractivity contribution is 7.90. The van der Waals surface area contributed by atoms with Crippen molar-refractivity contribution < 1.29 is 22.7 Å². The van der Waals surface area contributed by atoms with Crippen LogP contribution in [-0.2, 0) is 9.84 Å². The Bertz CT molecular complexity index is 507. The van der Waals surface area contributed by atoms with Crippen molar-refractivity contribution in [1.29, 1.82) is 0 Å². The van der Waals surface area contributed by atoms with Gasteiger partial charge < -0.3 is 15.2 Å². The zero-order valence-electron chi connectivity index (χ0n) is 11.4. The summed E-state index contributed by atoms with van der Waals surface area (Å²) in [5.41, 5.74) is 0. The molecule has 2 N–H and O–H groups in total. The Kier molecular flexibility index (Phi) is 6.90. The maximum atomic E-state index is 13.2. The fourth-order valence-corrected chi connectivity index (χ4v) is 2.20. The Hall–Kier alpha value is -1.18. The average Bonchev–Trinajstić information content (AvgIpc) is 2.36. The lowest BCUT2D eigenvalue weighted by Crippen LogP contribution is -2.32. The highest BCUT2D eigenvalue weighted by atomic mass is 32.2. The maximum absolute atomic E-state index is 13.2. The molecule has 1 unspecified atom stereocenters. The van der Waals surface area contributed by atoms with E-state index in [0.717, 1.165) is 0 Å². The lowest BCUT2D eigenvalue weighted by Gasteiger charge is -2.13. The van der Waals surface area contributed by atoms with E-state index in [1.165, 1.54) is 18.4 Å². The summed E-state index contributed by atoms with van der Waals surface area (Å²) in [7, 11) is -2.94. The molecular formula is C13H20FNO4S. The van der Waals surface area contributed by atoms with Gasteiger partial charge in [0.1, 0.15) is 22.5 Å². The van der Waals surface area contributed by atoms with Gasteiger partial charge in [-0.2, -0.15) is 0 Å². The Balaban J connectivity index is 2.15. The van der Waals surface area contributed by atoms with Gasteiger partial charge in [0, 0.05) is 12.8 Å². The minimum Gasteiger partial charge on any atom is -0.488 e. The van der Waals surface area contributed by atoms with Gasteiger partial charge in [-0.15, -0.1) is 0 Å². The summed E-state index contributed by atoms with van der Waals surface area (Å²) in [6, 6.07) is 5.98. The van der Waals surface area contributed by atoms with E-state index in [9.17, 15) is 17.9 Å². The Morgan fingerprint density at radius 1 is 1.40 bits per heavy atom. The van der Waals surface area contributed by atoms with Gasteiger partial charge in [-0.1, -0.05) is 12.1 Å². The smallest absolute Gasteiger partial charge is 0.165 e. The third-order valence-electron chi connectivity index (χ3n) is 2.52. The number of aliphatic hydroxyl groups is 1. The number of hydrogen-bond acceptors (Lipinski definition) is 5. The van der Waals surface area contributed by atoms with Gasteiger partial charge in [0.25, 0.3) is 0 Å². The molecule has 0 fully saturated rings. The van der Waals surface area contributed by atoms with E-state index < -0.39 is 21.8 Å². The first kappa shape index (κ1) is 16.9. The van der Waals surface area contributed by atoms with Crippen LogP contribution < -0.4 is 10.1 Å². The maximum Gasteiger partial charge on any atom is 0.165 e. The molecule has 1 rings (SSSR count). The molecule has 1 atom stereocenters. The van der Waals surface area contributed by atoms with Crippen molar-refractivity contribution >= 4 is 9.84 Å². The molecule has 0 aliphatic heterocycles.